The molecule has 2 N–H and O–H groups in total. The standard InChI is InChI=1S/C16H21F2NO2/c1-9(2)10-3-5-11(6-4-10)19-15-7-12(16(20)21)13(17)8-14(15)18/h7-11,19H,3-6H2,1-2H3,(H,20,21). The molecule has 0 atom stereocenters. The molecular weight excluding hydrogens is 276 g/mol. The summed E-state index contributed by atoms with van der Waals surface area (Å²) in [5.74, 6) is -1.85. The molecule has 0 saturated heterocycles. The SMILES string of the molecule is CC(C)C1CCC(Nc2cc(C(=O)O)c(F)cc2F)CC1. The Labute approximate surface area is 123 Å². The number of hydrogen-bond donors (Lipinski definition) is 2. The van der Waals surface area contributed by atoms with Crippen LogP contribution in [0.25, 0.3) is 0 Å². The normalized spacial score (nSPS) is 22.3. The van der Waals surface area contributed by atoms with E-state index in [1.165, 1.54) is 0 Å². The first-order chi connectivity index (χ1) is 9.88. The van der Waals surface area contributed by atoms with Crippen LogP contribution in [0, 0.1) is 23.5 Å². The monoisotopic (exact) mass is 297 g/mol. The fourth-order valence-electron chi connectivity index (χ4n) is 2.97. The van der Waals surface area contributed by atoms with E-state index in [-0.39, 0.29) is 11.7 Å². The molecule has 1 aliphatic carbocycles. The molecule has 1 aromatic carbocycles. The van der Waals surface area contributed by atoms with Crippen molar-refractivity contribution in [3.63, 3.8) is 0 Å². The van der Waals surface area contributed by atoms with E-state index in [0.717, 1.165) is 31.7 Å². The van der Waals surface area contributed by atoms with Crippen molar-refractivity contribution in [2.24, 2.45) is 11.8 Å². The van der Waals surface area contributed by atoms with Gasteiger partial charge >= 0.3 is 5.97 Å². The number of hydrogen-bond acceptors (Lipinski definition) is 2. The van der Waals surface area contributed by atoms with Crippen LogP contribution in [0.15, 0.2) is 12.1 Å². The first kappa shape index (κ1) is 15.7. The van der Waals surface area contributed by atoms with Gasteiger partial charge in [0.25, 0.3) is 0 Å². The van der Waals surface area contributed by atoms with Gasteiger partial charge in [0.1, 0.15) is 11.6 Å². The zero-order valence-corrected chi connectivity index (χ0v) is 12.3. The molecule has 0 amide bonds. The lowest BCUT2D eigenvalue weighted by Gasteiger charge is -2.32. The number of aromatic carboxylic acids is 1. The maximum Gasteiger partial charge on any atom is 0.338 e. The van der Waals surface area contributed by atoms with Crippen LogP contribution < -0.4 is 5.32 Å². The highest BCUT2D eigenvalue weighted by atomic mass is 19.1. The summed E-state index contributed by atoms with van der Waals surface area (Å²) < 4.78 is 27.1. The first-order valence-electron chi connectivity index (χ1n) is 7.37. The highest BCUT2D eigenvalue weighted by molar-refractivity contribution is 5.89. The van der Waals surface area contributed by atoms with Gasteiger partial charge in [0.15, 0.2) is 0 Å². The zero-order chi connectivity index (χ0) is 15.6. The molecule has 0 heterocycles. The Morgan fingerprint density at radius 3 is 2.33 bits per heavy atom. The minimum Gasteiger partial charge on any atom is -0.478 e. The van der Waals surface area contributed by atoms with Gasteiger partial charge in [-0.2, -0.15) is 0 Å². The van der Waals surface area contributed by atoms with Crippen molar-refractivity contribution in [3.8, 4) is 0 Å². The van der Waals surface area contributed by atoms with Gasteiger partial charge in [0, 0.05) is 12.1 Å². The summed E-state index contributed by atoms with van der Waals surface area (Å²) in [6, 6.07) is 1.79. The average molecular weight is 297 g/mol. The van der Waals surface area contributed by atoms with E-state index in [2.05, 4.69) is 19.2 Å². The summed E-state index contributed by atoms with van der Waals surface area (Å²) in [5, 5.41) is 11.9. The summed E-state index contributed by atoms with van der Waals surface area (Å²) in [6.45, 7) is 4.41. The van der Waals surface area contributed by atoms with Gasteiger partial charge in [-0.1, -0.05) is 13.8 Å². The van der Waals surface area contributed by atoms with Gasteiger partial charge in [-0.15, -0.1) is 0 Å². The van der Waals surface area contributed by atoms with E-state index < -0.39 is 23.2 Å². The molecule has 1 aromatic rings. The van der Waals surface area contributed by atoms with Crippen LogP contribution in [0.4, 0.5) is 14.5 Å². The molecule has 2 rings (SSSR count). The third kappa shape index (κ3) is 3.71. The molecule has 1 fully saturated rings. The average Bonchev–Trinajstić information content (AvgIpc) is 2.42. The second kappa shape index (κ2) is 6.41. The quantitative estimate of drug-likeness (QED) is 0.871. The lowest BCUT2D eigenvalue weighted by atomic mass is 9.79. The number of carbonyl (C=O) groups is 1. The molecule has 1 aliphatic rings. The number of carboxylic acids is 1. The number of rotatable bonds is 4. The molecule has 0 unspecified atom stereocenters. The lowest BCUT2D eigenvalue weighted by molar-refractivity contribution is 0.0692. The predicted molar refractivity (Wildman–Crippen MR) is 77.5 cm³/mol. The topological polar surface area (TPSA) is 49.3 Å². The molecular formula is C16H21F2NO2. The van der Waals surface area contributed by atoms with E-state index in [4.69, 9.17) is 5.11 Å². The minimum absolute atomic E-state index is 0.0711. The zero-order valence-electron chi connectivity index (χ0n) is 12.3. The number of halogens is 2. The van der Waals surface area contributed by atoms with Crippen molar-refractivity contribution in [1.29, 1.82) is 0 Å². The number of benzene rings is 1. The van der Waals surface area contributed by atoms with Crippen LogP contribution in [-0.2, 0) is 0 Å². The maximum atomic E-state index is 13.8. The fraction of sp³-hybridized carbons (Fsp3) is 0.562. The predicted octanol–water partition coefficient (Wildman–Crippen LogP) is 4.29. The number of nitrogens with one attached hydrogen (secondary N) is 1. The molecule has 5 heteroatoms. The van der Waals surface area contributed by atoms with Gasteiger partial charge in [0.2, 0.25) is 0 Å². The van der Waals surface area contributed by atoms with E-state index in [1.54, 1.807) is 0 Å². The molecule has 0 radical (unpaired) electrons. The van der Waals surface area contributed by atoms with Crippen molar-refractivity contribution in [2.45, 2.75) is 45.6 Å². The molecule has 116 valence electrons. The summed E-state index contributed by atoms with van der Waals surface area (Å²) in [7, 11) is 0. The Kier molecular flexibility index (Phi) is 4.80. The van der Waals surface area contributed by atoms with E-state index in [0.29, 0.717) is 17.9 Å². The van der Waals surface area contributed by atoms with Crippen molar-refractivity contribution in [3.05, 3.63) is 29.3 Å². The summed E-state index contributed by atoms with van der Waals surface area (Å²) in [4.78, 5) is 10.9. The molecule has 0 aliphatic heterocycles. The highest BCUT2D eigenvalue weighted by Gasteiger charge is 2.24. The van der Waals surface area contributed by atoms with Crippen LogP contribution in [0.1, 0.15) is 49.9 Å². The van der Waals surface area contributed by atoms with Crippen LogP contribution in [0.2, 0.25) is 0 Å². The van der Waals surface area contributed by atoms with Gasteiger partial charge in [0.05, 0.1) is 11.3 Å². The lowest BCUT2D eigenvalue weighted by Crippen LogP contribution is -2.28. The fourth-order valence-corrected chi connectivity index (χ4v) is 2.97. The number of carboxylic acid groups (broad SMARTS) is 1. The largest absolute Gasteiger partial charge is 0.478 e. The smallest absolute Gasteiger partial charge is 0.338 e. The van der Waals surface area contributed by atoms with Gasteiger partial charge in [-0.25, -0.2) is 13.6 Å². The molecule has 0 bridgehead atoms. The van der Waals surface area contributed by atoms with E-state index >= 15 is 0 Å². The number of anilines is 1. The van der Waals surface area contributed by atoms with Gasteiger partial charge in [-0.05, 0) is 43.6 Å². The van der Waals surface area contributed by atoms with Crippen molar-refractivity contribution in [2.75, 3.05) is 5.32 Å². The van der Waals surface area contributed by atoms with Crippen LogP contribution >= 0.6 is 0 Å². The van der Waals surface area contributed by atoms with Crippen molar-refractivity contribution < 1.29 is 18.7 Å². The second-order valence-electron chi connectivity index (χ2n) is 6.12. The van der Waals surface area contributed by atoms with Gasteiger partial charge < -0.3 is 10.4 Å². The molecule has 3 nitrogen and oxygen atoms in total. The molecule has 0 aromatic heterocycles. The second-order valence-corrected chi connectivity index (χ2v) is 6.12. The van der Waals surface area contributed by atoms with Crippen LogP contribution in [0.3, 0.4) is 0 Å². The third-order valence-electron chi connectivity index (χ3n) is 4.36. The van der Waals surface area contributed by atoms with Crippen molar-refractivity contribution in [1.82, 2.24) is 0 Å². The first-order valence-corrected chi connectivity index (χ1v) is 7.37. The Balaban J connectivity index is 2.07. The van der Waals surface area contributed by atoms with E-state index in [1.807, 2.05) is 0 Å². The van der Waals surface area contributed by atoms with Crippen LogP contribution in [0.5, 0.6) is 0 Å². The maximum absolute atomic E-state index is 13.8. The highest BCUT2D eigenvalue weighted by Crippen LogP contribution is 2.32. The Hall–Kier alpha value is -1.65. The van der Waals surface area contributed by atoms with Crippen LogP contribution in [-0.4, -0.2) is 17.1 Å². The van der Waals surface area contributed by atoms with E-state index in [9.17, 15) is 13.6 Å². The Morgan fingerprint density at radius 1 is 1.19 bits per heavy atom. The summed E-state index contributed by atoms with van der Waals surface area (Å²) >= 11 is 0. The Morgan fingerprint density at radius 2 is 1.81 bits per heavy atom. The van der Waals surface area contributed by atoms with Crippen molar-refractivity contribution >= 4 is 11.7 Å². The Bertz CT molecular complexity index is 523. The minimum atomic E-state index is -1.39. The third-order valence-corrected chi connectivity index (χ3v) is 4.36. The summed E-state index contributed by atoms with van der Waals surface area (Å²) in [6.07, 6.45) is 3.98. The molecule has 0 spiro atoms. The molecule has 1 saturated carbocycles. The molecule has 21 heavy (non-hydrogen) atoms. The van der Waals surface area contributed by atoms with Gasteiger partial charge in [-0.3, -0.25) is 0 Å². The summed E-state index contributed by atoms with van der Waals surface area (Å²) in [5.41, 5.74) is -0.434.